The van der Waals surface area contributed by atoms with Gasteiger partial charge in [-0.1, -0.05) is 29.8 Å². The smallest absolute Gasteiger partial charge is 0.0208 e. The van der Waals surface area contributed by atoms with Crippen LogP contribution in [0.15, 0.2) is 24.3 Å². The SMILES string of the molecule is Cc1ccc(CN[C@H](C)C23CC4CC(CC(C4)C2)C3)cc1. The minimum atomic E-state index is 0.624. The second kappa shape index (κ2) is 5.12. The lowest BCUT2D eigenvalue weighted by Gasteiger charge is -2.59. The Morgan fingerprint density at radius 3 is 2.05 bits per heavy atom. The summed E-state index contributed by atoms with van der Waals surface area (Å²) in [5, 5.41) is 3.88. The summed E-state index contributed by atoms with van der Waals surface area (Å²) < 4.78 is 0. The Kier molecular flexibility index (Phi) is 3.37. The van der Waals surface area contributed by atoms with E-state index in [4.69, 9.17) is 0 Å². The van der Waals surface area contributed by atoms with Gasteiger partial charge < -0.3 is 5.32 Å². The molecule has 1 N–H and O–H groups in total. The number of benzene rings is 1. The van der Waals surface area contributed by atoms with Crippen LogP contribution in [0, 0.1) is 30.1 Å². The predicted molar refractivity (Wildman–Crippen MR) is 88.1 cm³/mol. The van der Waals surface area contributed by atoms with Crippen LogP contribution in [-0.2, 0) is 6.54 Å². The normalized spacial score (nSPS) is 38.7. The fraction of sp³-hybridized carbons (Fsp3) is 0.700. The third kappa shape index (κ3) is 2.54. The molecule has 4 fully saturated rings. The van der Waals surface area contributed by atoms with Gasteiger partial charge in [0.05, 0.1) is 0 Å². The van der Waals surface area contributed by atoms with Gasteiger partial charge in [0, 0.05) is 12.6 Å². The Morgan fingerprint density at radius 2 is 1.52 bits per heavy atom. The highest BCUT2D eigenvalue weighted by Crippen LogP contribution is 2.61. The van der Waals surface area contributed by atoms with Gasteiger partial charge in [0.15, 0.2) is 0 Å². The van der Waals surface area contributed by atoms with Crippen molar-refractivity contribution in [3.8, 4) is 0 Å². The Hall–Kier alpha value is -0.820. The Morgan fingerprint density at radius 1 is 1.00 bits per heavy atom. The minimum Gasteiger partial charge on any atom is -0.310 e. The molecule has 0 radical (unpaired) electrons. The van der Waals surface area contributed by atoms with E-state index in [1.54, 1.807) is 19.3 Å². The summed E-state index contributed by atoms with van der Waals surface area (Å²) in [5.74, 6) is 3.17. The van der Waals surface area contributed by atoms with Gasteiger partial charge in [0.2, 0.25) is 0 Å². The third-order valence-electron chi connectivity index (χ3n) is 6.74. The quantitative estimate of drug-likeness (QED) is 0.845. The summed E-state index contributed by atoms with van der Waals surface area (Å²) in [6, 6.07) is 9.68. The highest BCUT2D eigenvalue weighted by molar-refractivity contribution is 5.21. The summed E-state index contributed by atoms with van der Waals surface area (Å²) in [5.41, 5.74) is 3.41. The van der Waals surface area contributed by atoms with E-state index in [2.05, 4.69) is 43.4 Å². The van der Waals surface area contributed by atoms with E-state index in [9.17, 15) is 0 Å². The van der Waals surface area contributed by atoms with Gasteiger partial charge in [0.1, 0.15) is 0 Å². The molecule has 4 aliphatic carbocycles. The van der Waals surface area contributed by atoms with Crippen LogP contribution in [0.25, 0.3) is 0 Å². The van der Waals surface area contributed by atoms with E-state index in [-0.39, 0.29) is 0 Å². The molecule has 0 amide bonds. The zero-order valence-electron chi connectivity index (χ0n) is 13.6. The molecule has 0 aliphatic heterocycles. The summed E-state index contributed by atoms with van der Waals surface area (Å²) in [7, 11) is 0. The van der Waals surface area contributed by atoms with Gasteiger partial charge in [-0.3, -0.25) is 0 Å². The van der Waals surface area contributed by atoms with Gasteiger partial charge in [-0.15, -0.1) is 0 Å². The first-order valence-corrected chi connectivity index (χ1v) is 8.92. The lowest BCUT2D eigenvalue weighted by Crippen LogP contribution is -2.54. The largest absolute Gasteiger partial charge is 0.310 e. The van der Waals surface area contributed by atoms with Gasteiger partial charge >= 0.3 is 0 Å². The van der Waals surface area contributed by atoms with Crippen molar-refractivity contribution >= 4 is 0 Å². The van der Waals surface area contributed by atoms with E-state index in [1.807, 2.05) is 0 Å². The highest BCUT2D eigenvalue weighted by atomic mass is 14.9. The third-order valence-corrected chi connectivity index (χ3v) is 6.74. The van der Waals surface area contributed by atoms with Crippen molar-refractivity contribution in [2.45, 2.75) is 65.0 Å². The van der Waals surface area contributed by atoms with Gasteiger partial charge in [0.25, 0.3) is 0 Å². The molecule has 0 spiro atoms. The predicted octanol–water partition coefficient (Wildman–Crippen LogP) is 4.69. The van der Waals surface area contributed by atoms with E-state index < -0.39 is 0 Å². The van der Waals surface area contributed by atoms with Crippen LogP contribution in [-0.4, -0.2) is 6.04 Å². The van der Waals surface area contributed by atoms with E-state index >= 15 is 0 Å². The molecule has 0 aromatic heterocycles. The molecular weight excluding hydrogens is 254 g/mol. The fourth-order valence-corrected chi connectivity index (χ4v) is 5.90. The molecule has 4 bridgehead atoms. The van der Waals surface area contributed by atoms with Crippen molar-refractivity contribution in [2.24, 2.45) is 23.2 Å². The van der Waals surface area contributed by atoms with Gasteiger partial charge in [-0.05, 0) is 81.1 Å². The molecule has 0 heterocycles. The maximum atomic E-state index is 3.88. The van der Waals surface area contributed by atoms with Crippen molar-refractivity contribution in [1.29, 1.82) is 0 Å². The lowest BCUT2D eigenvalue weighted by atomic mass is 9.48. The van der Waals surface area contributed by atoms with Crippen molar-refractivity contribution in [2.75, 3.05) is 0 Å². The first-order valence-electron chi connectivity index (χ1n) is 8.92. The second-order valence-electron chi connectivity index (χ2n) is 8.37. The maximum absolute atomic E-state index is 3.88. The molecule has 1 aromatic rings. The number of rotatable bonds is 4. The van der Waals surface area contributed by atoms with Crippen LogP contribution in [0.2, 0.25) is 0 Å². The molecule has 1 nitrogen and oxygen atoms in total. The van der Waals surface area contributed by atoms with Crippen LogP contribution in [0.1, 0.15) is 56.6 Å². The first-order chi connectivity index (χ1) is 10.1. The van der Waals surface area contributed by atoms with Gasteiger partial charge in [-0.2, -0.15) is 0 Å². The summed E-state index contributed by atoms with van der Waals surface area (Å²) in [4.78, 5) is 0. The van der Waals surface area contributed by atoms with E-state index in [0.717, 1.165) is 24.3 Å². The van der Waals surface area contributed by atoms with Crippen LogP contribution >= 0.6 is 0 Å². The number of hydrogen-bond acceptors (Lipinski definition) is 1. The van der Waals surface area contributed by atoms with Crippen molar-refractivity contribution in [3.63, 3.8) is 0 Å². The Labute approximate surface area is 129 Å². The minimum absolute atomic E-state index is 0.624. The number of nitrogens with one attached hydrogen (secondary N) is 1. The molecule has 1 aromatic carbocycles. The second-order valence-corrected chi connectivity index (χ2v) is 8.37. The molecule has 0 unspecified atom stereocenters. The Bertz CT molecular complexity index is 466. The maximum Gasteiger partial charge on any atom is 0.0208 e. The van der Waals surface area contributed by atoms with E-state index in [0.29, 0.717) is 11.5 Å². The lowest BCUT2D eigenvalue weighted by molar-refractivity contribution is -0.0706. The monoisotopic (exact) mass is 283 g/mol. The van der Waals surface area contributed by atoms with Crippen LogP contribution < -0.4 is 5.32 Å². The van der Waals surface area contributed by atoms with Gasteiger partial charge in [-0.25, -0.2) is 0 Å². The van der Waals surface area contributed by atoms with Crippen LogP contribution in [0.4, 0.5) is 0 Å². The summed E-state index contributed by atoms with van der Waals surface area (Å²) >= 11 is 0. The van der Waals surface area contributed by atoms with Crippen LogP contribution in [0.5, 0.6) is 0 Å². The first kappa shape index (κ1) is 13.8. The van der Waals surface area contributed by atoms with Crippen molar-refractivity contribution in [3.05, 3.63) is 35.4 Å². The summed E-state index contributed by atoms with van der Waals surface area (Å²) in [6.45, 7) is 5.65. The number of hydrogen-bond donors (Lipinski definition) is 1. The molecular formula is C20H29N. The van der Waals surface area contributed by atoms with Crippen molar-refractivity contribution in [1.82, 2.24) is 5.32 Å². The highest BCUT2D eigenvalue weighted by Gasteiger charge is 2.52. The molecule has 4 saturated carbocycles. The number of aryl methyl sites for hydroxylation is 1. The average Bonchev–Trinajstić information content (AvgIpc) is 2.45. The molecule has 1 heteroatoms. The molecule has 5 rings (SSSR count). The molecule has 0 saturated heterocycles. The molecule has 114 valence electrons. The van der Waals surface area contributed by atoms with E-state index in [1.165, 1.54) is 30.4 Å². The standard InChI is InChI=1S/C20H29N/c1-14-3-5-16(6-4-14)13-21-15(2)20-10-17-7-18(11-20)9-19(8-17)12-20/h3-6,15,17-19,21H,7-13H2,1-2H3/t15-,17?,18?,19?,20?/m1/s1. The summed E-state index contributed by atoms with van der Waals surface area (Å²) in [6.07, 6.45) is 9.14. The molecule has 21 heavy (non-hydrogen) atoms. The molecule has 1 atom stereocenters. The topological polar surface area (TPSA) is 12.0 Å². The fourth-order valence-electron chi connectivity index (χ4n) is 5.90. The van der Waals surface area contributed by atoms with Crippen LogP contribution in [0.3, 0.4) is 0 Å². The molecule has 4 aliphatic rings. The Balaban J connectivity index is 1.42. The average molecular weight is 283 g/mol. The zero-order chi connectivity index (χ0) is 14.4. The zero-order valence-corrected chi connectivity index (χ0v) is 13.6. The van der Waals surface area contributed by atoms with Crippen molar-refractivity contribution < 1.29 is 0 Å².